The smallest absolute Gasteiger partial charge is 0.335 e. The van der Waals surface area contributed by atoms with Crippen molar-refractivity contribution >= 4 is 29.3 Å². The van der Waals surface area contributed by atoms with Crippen molar-refractivity contribution in [3.8, 4) is 0 Å². The van der Waals surface area contributed by atoms with Crippen molar-refractivity contribution in [2.45, 2.75) is 5.03 Å². The second kappa shape index (κ2) is 5.95. The Labute approximate surface area is 96.6 Å². The molecule has 0 radical (unpaired) electrons. The van der Waals surface area contributed by atoms with Crippen molar-refractivity contribution in [2.24, 2.45) is 0 Å². The predicted molar refractivity (Wildman–Crippen MR) is 58.8 cm³/mol. The number of pyridine rings is 1. The number of carboxylic acid groups (broad SMARTS) is 1. The molecule has 0 unspecified atom stereocenters. The van der Waals surface area contributed by atoms with Crippen LogP contribution in [0.2, 0.25) is 5.15 Å². The van der Waals surface area contributed by atoms with Gasteiger partial charge < -0.3 is 9.84 Å². The number of carboxylic acids is 1. The average molecular weight is 248 g/mol. The van der Waals surface area contributed by atoms with E-state index in [0.29, 0.717) is 17.4 Å². The molecule has 0 saturated heterocycles. The molecular formula is C9H10ClNO3S. The number of carbonyl (C=O) groups is 1. The number of methoxy groups -OCH3 is 1. The molecule has 0 saturated carbocycles. The summed E-state index contributed by atoms with van der Waals surface area (Å²) in [6.07, 6.45) is 0. The number of hydrogen-bond acceptors (Lipinski definition) is 4. The topological polar surface area (TPSA) is 59.4 Å². The highest BCUT2D eigenvalue weighted by atomic mass is 35.5. The Hall–Kier alpha value is -0.780. The highest BCUT2D eigenvalue weighted by Gasteiger charge is 2.07. The first-order chi connectivity index (χ1) is 7.13. The molecule has 0 aliphatic carbocycles. The molecule has 0 bridgehead atoms. The van der Waals surface area contributed by atoms with Crippen LogP contribution in [0.4, 0.5) is 0 Å². The SMILES string of the molecule is COCCSc1cc(C(=O)O)cc(Cl)n1. The third-order valence-electron chi connectivity index (χ3n) is 1.55. The summed E-state index contributed by atoms with van der Waals surface area (Å²) < 4.78 is 4.87. The first-order valence-corrected chi connectivity index (χ1v) is 5.52. The minimum Gasteiger partial charge on any atom is -0.478 e. The Morgan fingerprint density at radius 3 is 3.00 bits per heavy atom. The maximum Gasteiger partial charge on any atom is 0.335 e. The molecule has 0 aliphatic heterocycles. The Bertz CT molecular complexity index is 359. The lowest BCUT2D eigenvalue weighted by atomic mass is 10.3. The zero-order valence-corrected chi connectivity index (χ0v) is 9.64. The Balaban J connectivity index is 2.75. The molecule has 0 aliphatic rings. The van der Waals surface area contributed by atoms with Gasteiger partial charge in [-0.2, -0.15) is 0 Å². The minimum atomic E-state index is -1.01. The van der Waals surface area contributed by atoms with Crippen molar-refractivity contribution in [3.05, 3.63) is 22.8 Å². The van der Waals surface area contributed by atoms with Crippen LogP contribution >= 0.6 is 23.4 Å². The summed E-state index contributed by atoms with van der Waals surface area (Å²) in [7, 11) is 1.61. The standard InChI is InChI=1S/C9H10ClNO3S/c1-14-2-3-15-8-5-6(9(12)13)4-7(10)11-8/h4-5H,2-3H2,1H3,(H,12,13). The van der Waals surface area contributed by atoms with Crippen LogP contribution in [0.25, 0.3) is 0 Å². The van der Waals surface area contributed by atoms with E-state index in [-0.39, 0.29) is 10.7 Å². The second-order valence-corrected chi connectivity index (χ2v) is 4.17. The highest BCUT2D eigenvalue weighted by Crippen LogP contribution is 2.20. The molecule has 1 aromatic heterocycles. The molecule has 1 aromatic rings. The minimum absolute atomic E-state index is 0.148. The van der Waals surface area contributed by atoms with Crippen LogP contribution < -0.4 is 0 Å². The van der Waals surface area contributed by atoms with Gasteiger partial charge in [-0.25, -0.2) is 9.78 Å². The van der Waals surface area contributed by atoms with Crippen LogP contribution in [0.1, 0.15) is 10.4 Å². The second-order valence-electron chi connectivity index (χ2n) is 2.66. The highest BCUT2D eigenvalue weighted by molar-refractivity contribution is 7.99. The van der Waals surface area contributed by atoms with Gasteiger partial charge in [-0.15, -0.1) is 11.8 Å². The van der Waals surface area contributed by atoms with E-state index in [9.17, 15) is 4.79 Å². The van der Waals surface area contributed by atoms with Gasteiger partial charge in [-0.1, -0.05) is 11.6 Å². The molecule has 82 valence electrons. The number of hydrogen-bond donors (Lipinski definition) is 1. The molecule has 0 spiro atoms. The molecule has 15 heavy (non-hydrogen) atoms. The van der Waals surface area contributed by atoms with Gasteiger partial charge in [0.15, 0.2) is 0 Å². The third-order valence-corrected chi connectivity index (χ3v) is 2.62. The van der Waals surface area contributed by atoms with E-state index in [1.165, 1.54) is 23.9 Å². The summed E-state index contributed by atoms with van der Waals surface area (Å²) in [5, 5.41) is 9.57. The van der Waals surface area contributed by atoms with Gasteiger partial charge in [0.05, 0.1) is 17.2 Å². The van der Waals surface area contributed by atoms with E-state index in [2.05, 4.69) is 4.98 Å². The quantitative estimate of drug-likeness (QED) is 0.491. The molecule has 1 rings (SSSR count). The zero-order chi connectivity index (χ0) is 11.3. The molecule has 6 heteroatoms. The molecule has 0 fully saturated rings. The van der Waals surface area contributed by atoms with Crippen LogP contribution in [0.3, 0.4) is 0 Å². The van der Waals surface area contributed by atoms with E-state index in [1.807, 2.05) is 0 Å². The van der Waals surface area contributed by atoms with Gasteiger partial charge in [-0.05, 0) is 12.1 Å². The number of thioether (sulfide) groups is 1. The van der Waals surface area contributed by atoms with Crippen molar-refractivity contribution in [1.82, 2.24) is 4.98 Å². The summed E-state index contributed by atoms with van der Waals surface area (Å²) in [6.45, 7) is 0.585. The van der Waals surface area contributed by atoms with E-state index >= 15 is 0 Å². The molecule has 0 atom stereocenters. The predicted octanol–water partition coefficient (Wildman–Crippen LogP) is 2.17. The fourth-order valence-electron chi connectivity index (χ4n) is 0.900. The summed E-state index contributed by atoms with van der Waals surface area (Å²) in [5.41, 5.74) is 0.148. The van der Waals surface area contributed by atoms with Gasteiger partial charge in [0.1, 0.15) is 5.15 Å². The van der Waals surface area contributed by atoms with E-state index < -0.39 is 5.97 Å². The molecular weight excluding hydrogens is 238 g/mol. The molecule has 0 amide bonds. The number of aromatic nitrogens is 1. The van der Waals surface area contributed by atoms with Gasteiger partial charge in [0.2, 0.25) is 0 Å². The molecule has 1 heterocycles. The molecule has 1 N–H and O–H groups in total. The first-order valence-electron chi connectivity index (χ1n) is 4.16. The van der Waals surface area contributed by atoms with Crippen molar-refractivity contribution in [3.63, 3.8) is 0 Å². The maximum atomic E-state index is 10.7. The van der Waals surface area contributed by atoms with Crippen LogP contribution in [0.15, 0.2) is 17.2 Å². The largest absolute Gasteiger partial charge is 0.478 e. The van der Waals surface area contributed by atoms with Gasteiger partial charge >= 0.3 is 5.97 Å². The summed E-state index contributed by atoms with van der Waals surface area (Å²) in [5.74, 6) is -0.295. The molecule has 4 nitrogen and oxygen atoms in total. The van der Waals surface area contributed by atoms with E-state index in [1.54, 1.807) is 7.11 Å². The Kier molecular flexibility index (Phi) is 4.87. The Morgan fingerprint density at radius 2 is 2.40 bits per heavy atom. The number of rotatable bonds is 5. The summed E-state index contributed by atoms with van der Waals surface area (Å²) >= 11 is 7.09. The van der Waals surface area contributed by atoms with Gasteiger partial charge in [-0.3, -0.25) is 0 Å². The third kappa shape index (κ3) is 4.07. The zero-order valence-electron chi connectivity index (χ0n) is 8.07. The fourth-order valence-corrected chi connectivity index (χ4v) is 1.99. The van der Waals surface area contributed by atoms with Crippen molar-refractivity contribution in [1.29, 1.82) is 0 Å². The number of nitrogens with zero attached hydrogens (tertiary/aromatic N) is 1. The average Bonchev–Trinajstić information content (AvgIpc) is 2.17. The summed E-state index contributed by atoms with van der Waals surface area (Å²) in [4.78, 5) is 14.7. The van der Waals surface area contributed by atoms with Gasteiger partial charge in [0, 0.05) is 12.9 Å². The Morgan fingerprint density at radius 1 is 1.67 bits per heavy atom. The van der Waals surface area contributed by atoms with Crippen LogP contribution in [-0.2, 0) is 4.74 Å². The van der Waals surface area contributed by atoms with Gasteiger partial charge in [0.25, 0.3) is 0 Å². The lowest BCUT2D eigenvalue weighted by Gasteiger charge is -2.02. The van der Waals surface area contributed by atoms with Crippen LogP contribution in [0, 0.1) is 0 Å². The van der Waals surface area contributed by atoms with Crippen molar-refractivity contribution in [2.75, 3.05) is 19.5 Å². The van der Waals surface area contributed by atoms with Crippen molar-refractivity contribution < 1.29 is 14.6 Å². The monoisotopic (exact) mass is 247 g/mol. The maximum absolute atomic E-state index is 10.7. The van der Waals surface area contributed by atoms with E-state index in [0.717, 1.165) is 0 Å². The van der Waals surface area contributed by atoms with Crippen LogP contribution in [0.5, 0.6) is 0 Å². The lowest BCUT2D eigenvalue weighted by Crippen LogP contribution is -1.99. The van der Waals surface area contributed by atoms with Crippen LogP contribution in [-0.4, -0.2) is 35.5 Å². The number of halogens is 1. The number of ether oxygens (including phenoxy) is 1. The van der Waals surface area contributed by atoms with E-state index in [4.69, 9.17) is 21.4 Å². The summed E-state index contributed by atoms with van der Waals surface area (Å²) in [6, 6.07) is 2.82. The molecule has 0 aromatic carbocycles. The lowest BCUT2D eigenvalue weighted by molar-refractivity contribution is 0.0696. The number of aromatic carboxylic acids is 1. The first kappa shape index (κ1) is 12.3. The normalized spacial score (nSPS) is 10.3. The fraction of sp³-hybridized carbons (Fsp3) is 0.333.